The molecule has 0 aliphatic rings. The van der Waals surface area contributed by atoms with Crippen molar-refractivity contribution < 1.29 is 22.6 Å². The van der Waals surface area contributed by atoms with Crippen LogP contribution >= 0.6 is 0 Å². The fourth-order valence-electron chi connectivity index (χ4n) is 1.22. The van der Waals surface area contributed by atoms with Crippen molar-refractivity contribution in [1.29, 1.82) is 0 Å². The Balaban J connectivity index is 3.50. The number of ether oxygens (including phenoxy) is 3. The smallest absolute Gasteiger partial charge is 0.241 e. The van der Waals surface area contributed by atoms with Crippen LogP contribution in [0.15, 0.2) is 17.0 Å². The van der Waals surface area contributed by atoms with Crippen molar-refractivity contribution in [1.82, 2.24) is 0 Å². The Morgan fingerprint density at radius 1 is 0.938 bits per heavy atom. The van der Waals surface area contributed by atoms with Crippen molar-refractivity contribution in [3.8, 4) is 17.2 Å². The Bertz CT molecular complexity index is 483. The third-order valence-electron chi connectivity index (χ3n) is 1.98. The minimum Gasteiger partial charge on any atom is -0.495 e. The number of primary sulfonamides is 1. The second-order valence-corrected chi connectivity index (χ2v) is 4.43. The monoisotopic (exact) mass is 247 g/mol. The maximum absolute atomic E-state index is 11.3. The number of methoxy groups -OCH3 is 3. The molecule has 2 N–H and O–H groups in total. The van der Waals surface area contributed by atoms with Gasteiger partial charge in [-0.05, 0) is 0 Å². The van der Waals surface area contributed by atoms with E-state index in [4.69, 9.17) is 19.3 Å². The van der Waals surface area contributed by atoms with Gasteiger partial charge in [0.25, 0.3) is 0 Å². The van der Waals surface area contributed by atoms with Gasteiger partial charge in [-0.3, -0.25) is 0 Å². The lowest BCUT2D eigenvalue weighted by atomic mass is 10.3. The molecule has 0 aliphatic heterocycles. The lowest BCUT2D eigenvalue weighted by Crippen LogP contribution is -2.13. The van der Waals surface area contributed by atoms with E-state index in [9.17, 15) is 8.42 Å². The van der Waals surface area contributed by atoms with Crippen molar-refractivity contribution in [3.05, 3.63) is 12.1 Å². The minimum atomic E-state index is -3.86. The van der Waals surface area contributed by atoms with Crippen molar-refractivity contribution in [2.24, 2.45) is 5.14 Å². The summed E-state index contributed by atoms with van der Waals surface area (Å²) in [6, 6.07) is 2.66. The van der Waals surface area contributed by atoms with E-state index in [0.29, 0.717) is 5.75 Å². The summed E-state index contributed by atoms with van der Waals surface area (Å²) in [6.07, 6.45) is 0. The zero-order valence-electron chi connectivity index (χ0n) is 9.18. The molecule has 0 aromatic heterocycles. The molecule has 0 aliphatic carbocycles. The van der Waals surface area contributed by atoms with Crippen LogP contribution in [0.2, 0.25) is 0 Å². The topological polar surface area (TPSA) is 87.9 Å². The molecule has 0 saturated heterocycles. The van der Waals surface area contributed by atoms with Gasteiger partial charge in [0.1, 0.15) is 10.6 Å². The highest BCUT2D eigenvalue weighted by Crippen LogP contribution is 2.36. The number of hydrogen-bond donors (Lipinski definition) is 1. The van der Waals surface area contributed by atoms with Crippen LogP contribution in [0.5, 0.6) is 17.2 Å². The zero-order chi connectivity index (χ0) is 12.3. The molecule has 0 unspecified atom stereocenters. The average molecular weight is 247 g/mol. The summed E-state index contributed by atoms with van der Waals surface area (Å²) in [5.74, 6) is 0.749. The Morgan fingerprint density at radius 2 is 1.38 bits per heavy atom. The average Bonchev–Trinajstić information content (AvgIpc) is 2.25. The zero-order valence-corrected chi connectivity index (χ0v) is 10.00. The quantitative estimate of drug-likeness (QED) is 0.830. The maximum Gasteiger partial charge on any atom is 0.241 e. The van der Waals surface area contributed by atoms with Crippen LogP contribution in [0.25, 0.3) is 0 Å². The first-order chi connectivity index (χ1) is 7.43. The van der Waals surface area contributed by atoms with Gasteiger partial charge >= 0.3 is 0 Å². The molecular formula is C9H13NO5S. The van der Waals surface area contributed by atoms with Crippen LogP contribution in [0.3, 0.4) is 0 Å². The van der Waals surface area contributed by atoms with Crippen LogP contribution in [-0.4, -0.2) is 29.7 Å². The predicted molar refractivity (Wildman–Crippen MR) is 57.5 cm³/mol. The van der Waals surface area contributed by atoms with Gasteiger partial charge in [-0.1, -0.05) is 0 Å². The Hall–Kier alpha value is -1.47. The van der Waals surface area contributed by atoms with E-state index >= 15 is 0 Å². The van der Waals surface area contributed by atoms with Crippen molar-refractivity contribution in [2.75, 3.05) is 21.3 Å². The molecule has 7 heteroatoms. The van der Waals surface area contributed by atoms with Crippen LogP contribution in [0, 0.1) is 0 Å². The van der Waals surface area contributed by atoms with Gasteiger partial charge in [0.2, 0.25) is 10.0 Å². The van der Waals surface area contributed by atoms with E-state index in [0.717, 1.165) is 0 Å². The first-order valence-corrected chi connectivity index (χ1v) is 5.81. The predicted octanol–water partition coefficient (Wildman–Crippen LogP) is 0.360. The molecule has 6 nitrogen and oxygen atoms in total. The van der Waals surface area contributed by atoms with Gasteiger partial charge in [-0.15, -0.1) is 0 Å². The lowest BCUT2D eigenvalue weighted by Gasteiger charge is -2.12. The second kappa shape index (κ2) is 4.58. The second-order valence-electron chi connectivity index (χ2n) is 2.90. The molecule has 1 aromatic carbocycles. The Morgan fingerprint density at radius 3 is 1.75 bits per heavy atom. The third kappa shape index (κ3) is 2.37. The fraction of sp³-hybridized carbons (Fsp3) is 0.333. The number of rotatable bonds is 4. The van der Waals surface area contributed by atoms with E-state index in [1.54, 1.807) is 0 Å². The minimum absolute atomic E-state index is 0.111. The van der Waals surface area contributed by atoms with E-state index < -0.39 is 10.0 Å². The van der Waals surface area contributed by atoms with Crippen LogP contribution in [0.4, 0.5) is 0 Å². The van der Waals surface area contributed by atoms with E-state index in [2.05, 4.69) is 0 Å². The van der Waals surface area contributed by atoms with Crippen LogP contribution < -0.4 is 19.3 Å². The van der Waals surface area contributed by atoms with Gasteiger partial charge in [0, 0.05) is 12.1 Å². The van der Waals surface area contributed by atoms with Gasteiger partial charge in [0.05, 0.1) is 21.3 Å². The molecule has 0 radical (unpaired) electrons. The molecule has 0 heterocycles. The van der Waals surface area contributed by atoms with Gasteiger partial charge in [-0.25, -0.2) is 13.6 Å². The summed E-state index contributed by atoms with van der Waals surface area (Å²) in [5.41, 5.74) is 0. The molecule has 0 saturated carbocycles. The standard InChI is InChI=1S/C9H13NO5S/c1-13-6-4-8(15-3)9(16(10,11)12)5-7(6)14-2/h4-5H,1-3H3,(H2,10,11,12). The molecule has 1 aromatic rings. The number of sulfonamides is 1. The largest absolute Gasteiger partial charge is 0.495 e. The molecule has 0 bridgehead atoms. The Kier molecular flexibility index (Phi) is 3.61. The summed E-state index contributed by atoms with van der Waals surface area (Å²) in [6.45, 7) is 0. The lowest BCUT2D eigenvalue weighted by molar-refractivity contribution is 0.345. The fourth-order valence-corrected chi connectivity index (χ4v) is 1.92. The SMILES string of the molecule is COc1cc(OC)c(S(N)(=O)=O)cc1OC. The van der Waals surface area contributed by atoms with Crippen LogP contribution in [0.1, 0.15) is 0 Å². The van der Waals surface area contributed by atoms with Crippen molar-refractivity contribution in [2.45, 2.75) is 4.90 Å². The van der Waals surface area contributed by atoms with Crippen molar-refractivity contribution in [3.63, 3.8) is 0 Å². The number of hydrogen-bond acceptors (Lipinski definition) is 5. The highest BCUT2D eigenvalue weighted by atomic mass is 32.2. The van der Waals surface area contributed by atoms with Crippen molar-refractivity contribution >= 4 is 10.0 Å². The summed E-state index contributed by atoms with van der Waals surface area (Å²) in [5, 5.41) is 5.04. The van der Waals surface area contributed by atoms with Gasteiger partial charge < -0.3 is 14.2 Å². The van der Waals surface area contributed by atoms with E-state index in [1.807, 2.05) is 0 Å². The first kappa shape index (κ1) is 12.6. The molecule has 90 valence electrons. The molecule has 0 fully saturated rings. The number of nitrogens with two attached hydrogens (primary N) is 1. The molecular weight excluding hydrogens is 234 g/mol. The highest BCUT2D eigenvalue weighted by molar-refractivity contribution is 7.89. The van der Waals surface area contributed by atoms with Gasteiger partial charge in [0.15, 0.2) is 11.5 Å². The summed E-state index contributed by atoms with van der Waals surface area (Å²) in [4.78, 5) is -0.146. The molecule has 0 spiro atoms. The molecule has 0 amide bonds. The summed E-state index contributed by atoms with van der Waals surface area (Å²) >= 11 is 0. The van der Waals surface area contributed by atoms with Crippen LogP contribution in [-0.2, 0) is 10.0 Å². The van der Waals surface area contributed by atoms with E-state index in [1.165, 1.54) is 33.5 Å². The summed E-state index contributed by atoms with van der Waals surface area (Å²) < 4.78 is 37.5. The first-order valence-electron chi connectivity index (χ1n) is 4.26. The normalized spacial score (nSPS) is 11.0. The molecule has 16 heavy (non-hydrogen) atoms. The van der Waals surface area contributed by atoms with E-state index in [-0.39, 0.29) is 16.4 Å². The van der Waals surface area contributed by atoms with Gasteiger partial charge in [-0.2, -0.15) is 0 Å². The third-order valence-corrected chi connectivity index (χ3v) is 2.91. The highest BCUT2D eigenvalue weighted by Gasteiger charge is 2.19. The maximum atomic E-state index is 11.3. The number of benzene rings is 1. The Labute approximate surface area is 94.0 Å². The summed E-state index contributed by atoms with van der Waals surface area (Å²) in [7, 11) is 0.318. The molecule has 1 rings (SSSR count). The molecule has 0 atom stereocenters.